The summed E-state index contributed by atoms with van der Waals surface area (Å²) in [6, 6.07) is 11.8. The van der Waals surface area contributed by atoms with E-state index in [1.54, 1.807) is 24.3 Å². The minimum absolute atomic E-state index is 0.0516. The number of imide groups is 1. The molecule has 3 heterocycles. The normalized spacial score (nSPS) is 28.2. The molecule has 3 aliphatic rings. The van der Waals surface area contributed by atoms with Gasteiger partial charge in [0.2, 0.25) is 11.8 Å². The van der Waals surface area contributed by atoms with E-state index in [2.05, 4.69) is 4.90 Å². The van der Waals surface area contributed by atoms with Crippen molar-refractivity contribution in [3.63, 3.8) is 0 Å². The Kier molecular flexibility index (Phi) is 4.56. The molecule has 5 rings (SSSR count). The summed E-state index contributed by atoms with van der Waals surface area (Å²) in [5.41, 5.74) is 3.27. The number of hydrogen-bond donors (Lipinski definition) is 0. The number of benzene rings is 2. The number of ketones is 1. The van der Waals surface area contributed by atoms with Crippen LogP contribution in [0, 0.1) is 25.7 Å². The van der Waals surface area contributed by atoms with E-state index >= 15 is 0 Å². The van der Waals surface area contributed by atoms with E-state index in [1.807, 2.05) is 32.0 Å². The maximum absolute atomic E-state index is 13.5. The summed E-state index contributed by atoms with van der Waals surface area (Å²) in [6.07, 6.45) is 1.77. The smallest absolute Gasteiger partial charge is 0.239 e. The minimum atomic E-state index is -0.632. The Labute approximate surface area is 180 Å². The summed E-state index contributed by atoms with van der Waals surface area (Å²) in [6.45, 7) is 4.71. The Morgan fingerprint density at radius 2 is 1.67 bits per heavy atom. The van der Waals surface area contributed by atoms with Gasteiger partial charge in [-0.2, -0.15) is 0 Å². The SMILES string of the molecule is Cc1ccc(N2C(=O)[C@@H]3[C@H](C2=O)[C@H](C(=O)c2ccc(Cl)cc2)N2CCC[C@@H]32)cc1C. The number of Topliss-reactive ketones (excluding diaryl/α,β-unsaturated/α-hetero) is 1. The zero-order valence-electron chi connectivity index (χ0n) is 17.0. The highest BCUT2D eigenvalue weighted by Gasteiger charge is 2.64. The predicted molar refractivity (Wildman–Crippen MR) is 115 cm³/mol. The summed E-state index contributed by atoms with van der Waals surface area (Å²) in [4.78, 5) is 43.9. The molecule has 154 valence electrons. The van der Waals surface area contributed by atoms with Crippen LogP contribution < -0.4 is 4.90 Å². The number of carbonyl (C=O) groups excluding carboxylic acids is 3. The Morgan fingerprint density at radius 3 is 2.37 bits per heavy atom. The van der Waals surface area contributed by atoms with Gasteiger partial charge in [-0.15, -0.1) is 0 Å². The van der Waals surface area contributed by atoms with Crippen molar-refractivity contribution in [2.75, 3.05) is 11.4 Å². The van der Waals surface area contributed by atoms with Gasteiger partial charge < -0.3 is 0 Å². The summed E-state index contributed by atoms with van der Waals surface area (Å²) < 4.78 is 0. The first-order chi connectivity index (χ1) is 14.4. The molecule has 0 spiro atoms. The van der Waals surface area contributed by atoms with Crippen molar-refractivity contribution in [1.82, 2.24) is 4.90 Å². The van der Waals surface area contributed by atoms with E-state index in [0.717, 1.165) is 30.5 Å². The van der Waals surface area contributed by atoms with E-state index in [9.17, 15) is 14.4 Å². The predicted octanol–water partition coefficient (Wildman–Crippen LogP) is 3.79. The molecule has 0 saturated carbocycles. The van der Waals surface area contributed by atoms with Crippen LogP contribution in [0.5, 0.6) is 0 Å². The van der Waals surface area contributed by atoms with E-state index in [0.29, 0.717) is 16.3 Å². The third kappa shape index (κ3) is 2.76. The Morgan fingerprint density at radius 1 is 0.967 bits per heavy atom. The minimum Gasteiger partial charge on any atom is -0.292 e. The molecule has 2 aromatic rings. The van der Waals surface area contributed by atoms with Gasteiger partial charge in [0.1, 0.15) is 0 Å². The number of aryl methyl sites for hydroxylation is 2. The van der Waals surface area contributed by atoms with Gasteiger partial charge in [0.05, 0.1) is 23.6 Å². The van der Waals surface area contributed by atoms with E-state index in [-0.39, 0.29) is 23.6 Å². The lowest BCUT2D eigenvalue weighted by atomic mass is 9.85. The lowest BCUT2D eigenvalue weighted by Crippen LogP contribution is -2.46. The second-order valence-corrected chi connectivity index (χ2v) is 9.03. The first kappa shape index (κ1) is 19.5. The van der Waals surface area contributed by atoms with Gasteiger partial charge >= 0.3 is 0 Å². The van der Waals surface area contributed by atoms with Gasteiger partial charge in [0.25, 0.3) is 0 Å². The zero-order chi connectivity index (χ0) is 21.2. The highest BCUT2D eigenvalue weighted by molar-refractivity contribution is 6.30. The molecule has 0 aromatic heterocycles. The average Bonchev–Trinajstić information content (AvgIpc) is 3.36. The molecular weight excluding hydrogens is 400 g/mol. The molecule has 0 unspecified atom stereocenters. The first-order valence-electron chi connectivity index (χ1n) is 10.4. The number of rotatable bonds is 3. The van der Waals surface area contributed by atoms with E-state index < -0.39 is 17.9 Å². The maximum atomic E-state index is 13.5. The molecule has 0 N–H and O–H groups in total. The quantitative estimate of drug-likeness (QED) is 0.557. The fourth-order valence-corrected chi connectivity index (χ4v) is 5.55. The van der Waals surface area contributed by atoms with Crippen molar-refractivity contribution < 1.29 is 14.4 Å². The van der Waals surface area contributed by atoms with Crippen molar-refractivity contribution in [1.29, 1.82) is 0 Å². The van der Waals surface area contributed by atoms with Crippen LogP contribution in [-0.4, -0.2) is 41.1 Å². The average molecular weight is 423 g/mol. The molecule has 2 amide bonds. The molecule has 0 radical (unpaired) electrons. The maximum Gasteiger partial charge on any atom is 0.239 e. The highest BCUT2D eigenvalue weighted by Crippen LogP contribution is 2.48. The standard InChI is InChI=1S/C24H23ClN2O3/c1-13-5-10-17(12-14(13)2)27-23(29)19-18-4-3-11-26(18)21(20(19)24(27)30)22(28)15-6-8-16(25)9-7-15/h5-10,12,18-21H,3-4,11H2,1-2H3/t18-,19-,20-,21+/m0/s1. The molecule has 4 atom stereocenters. The number of anilines is 1. The second-order valence-electron chi connectivity index (χ2n) is 8.60. The lowest BCUT2D eigenvalue weighted by molar-refractivity contribution is -0.123. The summed E-state index contributed by atoms with van der Waals surface area (Å²) in [5.74, 6) is -1.61. The Balaban J connectivity index is 1.55. The van der Waals surface area contributed by atoms with Gasteiger partial charge in [0, 0.05) is 16.6 Å². The van der Waals surface area contributed by atoms with Gasteiger partial charge in [0.15, 0.2) is 5.78 Å². The molecule has 0 bridgehead atoms. The number of nitrogens with zero attached hydrogens (tertiary/aromatic N) is 2. The van der Waals surface area contributed by atoms with Crippen molar-refractivity contribution in [2.24, 2.45) is 11.8 Å². The van der Waals surface area contributed by atoms with Gasteiger partial charge in [-0.25, -0.2) is 4.90 Å². The van der Waals surface area contributed by atoms with Crippen LogP contribution in [0.3, 0.4) is 0 Å². The first-order valence-corrected chi connectivity index (χ1v) is 10.8. The third-order valence-electron chi connectivity index (χ3n) is 7.00. The highest BCUT2D eigenvalue weighted by atomic mass is 35.5. The van der Waals surface area contributed by atoms with E-state index in [1.165, 1.54) is 4.90 Å². The molecule has 5 nitrogen and oxygen atoms in total. The Bertz CT molecular complexity index is 1060. The number of fused-ring (bicyclic) bond motifs is 3. The largest absolute Gasteiger partial charge is 0.292 e. The summed E-state index contributed by atoms with van der Waals surface area (Å²) in [7, 11) is 0. The molecule has 2 aromatic carbocycles. The number of amides is 2. The summed E-state index contributed by atoms with van der Waals surface area (Å²) in [5, 5.41) is 0.558. The van der Waals surface area contributed by atoms with Crippen LogP contribution in [0.15, 0.2) is 42.5 Å². The summed E-state index contributed by atoms with van der Waals surface area (Å²) >= 11 is 5.98. The van der Waals surface area contributed by atoms with Gasteiger partial charge in [-0.3, -0.25) is 19.3 Å². The zero-order valence-corrected chi connectivity index (χ0v) is 17.7. The fourth-order valence-electron chi connectivity index (χ4n) is 5.42. The Hall–Kier alpha value is -2.50. The van der Waals surface area contributed by atoms with Crippen molar-refractivity contribution in [2.45, 2.75) is 38.8 Å². The molecule has 3 saturated heterocycles. The fraction of sp³-hybridized carbons (Fsp3) is 0.375. The number of carbonyl (C=O) groups is 3. The van der Waals surface area contributed by atoms with Gasteiger partial charge in [-0.05, 0) is 80.8 Å². The molecule has 30 heavy (non-hydrogen) atoms. The van der Waals surface area contributed by atoms with Gasteiger partial charge in [-0.1, -0.05) is 17.7 Å². The van der Waals surface area contributed by atoms with E-state index in [4.69, 9.17) is 11.6 Å². The van der Waals surface area contributed by atoms with Crippen LogP contribution in [0.2, 0.25) is 5.02 Å². The topological polar surface area (TPSA) is 57.7 Å². The van der Waals surface area contributed by atoms with Crippen molar-refractivity contribution >= 4 is 34.9 Å². The molecule has 3 aliphatic heterocycles. The monoisotopic (exact) mass is 422 g/mol. The lowest BCUT2D eigenvalue weighted by Gasteiger charge is -2.27. The van der Waals surface area contributed by atoms with Crippen LogP contribution >= 0.6 is 11.6 Å². The second kappa shape index (κ2) is 7.03. The number of halogens is 1. The molecular formula is C24H23ClN2O3. The molecule has 0 aliphatic carbocycles. The third-order valence-corrected chi connectivity index (χ3v) is 7.25. The van der Waals surface area contributed by atoms with Crippen LogP contribution in [0.1, 0.15) is 34.3 Å². The van der Waals surface area contributed by atoms with Crippen molar-refractivity contribution in [3.8, 4) is 0 Å². The molecule has 6 heteroatoms. The molecule has 3 fully saturated rings. The van der Waals surface area contributed by atoms with Crippen LogP contribution in [0.4, 0.5) is 5.69 Å². The van der Waals surface area contributed by atoms with Crippen LogP contribution in [0.25, 0.3) is 0 Å². The number of hydrogen-bond acceptors (Lipinski definition) is 4. The van der Waals surface area contributed by atoms with Crippen molar-refractivity contribution in [3.05, 3.63) is 64.2 Å². The van der Waals surface area contributed by atoms with Crippen LogP contribution in [-0.2, 0) is 9.59 Å².